The molecule has 0 unspecified atom stereocenters. The van der Waals surface area contributed by atoms with Crippen LogP contribution in [0.3, 0.4) is 0 Å². The zero-order valence-electron chi connectivity index (χ0n) is 16.9. The third-order valence-corrected chi connectivity index (χ3v) is 5.94. The van der Waals surface area contributed by atoms with Crippen LogP contribution in [0.2, 0.25) is 10.0 Å². The van der Waals surface area contributed by atoms with E-state index in [1.165, 1.54) is 5.69 Å². The molecule has 5 heteroatoms. The number of ether oxygens (including phenoxy) is 1. The van der Waals surface area contributed by atoms with Crippen LogP contribution in [0.1, 0.15) is 11.1 Å². The molecule has 4 rings (SSSR count). The molecule has 0 saturated heterocycles. The first kappa shape index (κ1) is 20.5. The maximum Gasteiger partial charge on any atom is 0.118 e. The van der Waals surface area contributed by atoms with E-state index in [-0.39, 0.29) is 0 Å². The molecule has 0 spiro atoms. The number of halogens is 2. The standard InChI is InChI=1S/C25H22Cl2N2O/c1-29-14-13-28-24(12-4-17-3-11-22(26)23(27)15-17)21-10-7-19(16-25(21)29)18-5-8-20(30-2)9-6-18/h3-12,15-16H,13-14H2,1-2H3. The summed E-state index contributed by atoms with van der Waals surface area (Å²) >= 11 is 12.2. The van der Waals surface area contributed by atoms with Gasteiger partial charge in [0.2, 0.25) is 0 Å². The zero-order chi connectivity index (χ0) is 21.1. The Labute approximate surface area is 187 Å². The first-order valence-corrected chi connectivity index (χ1v) is 10.5. The lowest BCUT2D eigenvalue weighted by Gasteiger charge is -2.20. The number of benzodiazepines with no additional fused rings is 1. The SMILES string of the molecule is COc1ccc(-c2ccc3c(c2)N(C)CCN=C3C=Cc2ccc(Cl)c(Cl)c2)cc1. The molecule has 0 fully saturated rings. The normalized spacial score (nSPS) is 13.7. The van der Waals surface area contributed by atoms with Crippen LogP contribution in [0.15, 0.2) is 71.7 Å². The second kappa shape index (κ2) is 8.95. The number of likely N-dealkylation sites (N-methyl/N-ethyl adjacent to an activating group) is 1. The minimum atomic E-state index is 0.547. The fraction of sp³-hybridized carbons (Fsp3) is 0.160. The van der Waals surface area contributed by atoms with Gasteiger partial charge in [-0.2, -0.15) is 0 Å². The summed E-state index contributed by atoms with van der Waals surface area (Å²) in [6.07, 6.45) is 4.07. The van der Waals surface area contributed by atoms with E-state index in [1.54, 1.807) is 13.2 Å². The number of benzene rings is 3. The highest BCUT2D eigenvalue weighted by atomic mass is 35.5. The summed E-state index contributed by atoms with van der Waals surface area (Å²) in [5, 5.41) is 1.10. The Morgan fingerprint density at radius 1 is 0.900 bits per heavy atom. The Hall–Kier alpha value is -2.75. The molecule has 0 amide bonds. The van der Waals surface area contributed by atoms with Gasteiger partial charge in [0, 0.05) is 24.8 Å². The topological polar surface area (TPSA) is 24.8 Å². The molecule has 0 aromatic heterocycles. The van der Waals surface area contributed by atoms with Gasteiger partial charge in [0.25, 0.3) is 0 Å². The van der Waals surface area contributed by atoms with Crippen molar-refractivity contribution >= 4 is 40.7 Å². The number of nitrogens with zero attached hydrogens (tertiary/aromatic N) is 2. The maximum atomic E-state index is 6.15. The minimum Gasteiger partial charge on any atom is -0.497 e. The number of aliphatic imine (C=N–C) groups is 1. The fourth-order valence-corrected chi connectivity index (χ4v) is 3.79. The summed E-state index contributed by atoms with van der Waals surface area (Å²) in [5.41, 5.74) is 6.55. The molecular weight excluding hydrogens is 415 g/mol. The molecule has 0 bridgehead atoms. The molecule has 0 atom stereocenters. The molecule has 3 aromatic rings. The van der Waals surface area contributed by atoms with Crippen molar-refractivity contribution in [2.45, 2.75) is 0 Å². The Balaban J connectivity index is 1.68. The third-order valence-electron chi connectivity index (χ3n) is 5.20. The molecule has 1 aliphatic rings. The second-order valence-corrected chi connectivity index (χ2v) is 7.97. The quantitative estimate of drug-likeness (QED) is 0.458. The van der Waals surface area contributed by atoms with Crippen LogP contribution < -0.4 is 9.64 Å². The van der Waals surface area contributed by atoms with Crippen LogP contribution in [0.5, 0.6) is 5.75 Å². The smallest absolute Gasteiger partial charge is 0.118 e. The van der Waals surface area contributed by atoms with Gasteiger partial charge in [0.1, 0.15) is 5.75 Å². The lowest BCUT2D eigenvalue weighted by molar-refractivity contribution is 0.415. The van der Waals surface area contributed by atoms with E-state index in [2.05, 4.69) is 42.3 Å². The lowest BCUT2D eigenvalue weighted by Crippen LogP contribution is -2.20. The number of rotatable bonds is 4. The maximum absolute atomic E-state index is 6.15. The minimum absolute atomic E-state index is 0.547. The van der Waals surface area contributed by atoms with Crippen molar-refractivity contribution in [3.8, 4) is 16.9 Å². The second-order valence-electron chi connectivity index (χ2n) is 7.16. The summed E-state index contributed by atoms with van der Waals surface area (Å²) < 4.78 is 5.27. The van der Waals surface area contributed by atoms with Gasteiger partial charge in [-0.05, 0) is 53.1 Å². The van der Waals surface area contributed by atoms with E-state index in [1.807, 2.05) is 36.4 Å². The first-order chi connectivity index (χ1) is 14.5. The highest BCUT2D eigenvalue weighted by Crippen LogP contribution is 2.31. The van der Waals surface area contributed by atoms with Gasteiger partial charge in [-0.15, -0.1) is 0 Å². The van der Waals surface area contributed by atoms with Crippen LogP contribution in [-0.4, -0.2) is 33.0 Å². The van der Waals surface area contributed by atoms with E-state index < -0.39 is 0 Å². The van der Waals surface area contributed by atoms with Crippen LogP contribution >= 0.6 is 23.2 Å². The predicted molar refractivity (Wildman–Crippen MR) is 129 cm³/mol. The van der Waals surface area contributed by atoms with Gasteiger partial charge in [-0.1, -0.05) is 59.6 Å². The zero-order valence-corrected chi connectivity index (χ0v) is 18.4. The van der Waals surface area contributed by atoms with Crippen LogP contribution in [-0.2, 0) is 0 Å². The Morgan fingerprint density at radius 3 is 2.40 bits per heavy atom. The van der Waals surface area contributed by atoms with Gasteiger partial charge in [-0.25, -0.2) is 0 Å². The highest BCUT2D eigenvalue weighted by molar-refractivity contribution is 6.42. The molecule has 0 radical (unpaired) electrons. The van der Waals surface area contributed by atoms with Crippen molar-refractivity contribution in [3.05, 3.63) is 87.9 Å². The van der Waals surface area contributed by atoms with Crippen LogP contribution in [0.25, 0.3) is 17.2 Å². The molecule has 152 valence electrons. The number of methoxy groups -OCH3 is 1. The first-order valence-electron chi connectivity index (χ1n) is 9.73. The lowest BCUT2D eigenvalue weighted by atomic mass is 9.99. The number of allylic oxidation sites excluding steroid dienone is 1. The van der Waals surface area contributed by atoms with Gasteiger partial charge in [0.15, 0.2) is 0 Å². The summed E-state index contributed by atoms with van der Waals surface area (Å²) in [7, 11) is 3.79. The molecule has 0 saturated carbocycles. The van der Waals surface area contributed by atoms with E-state index in [0.29, 0.717) is 10.0 Å². The van der Waals surface area contributed by atoms with Crippen molar-refractivity contribution in [1.29, 1.82) is 0 Å². The van der Waals surface area contributed by atoms with Gasteiger partial charge >= 0.3 is 0 Å². The molecule has 0 N–H and O–H groups in total. The number of anilines is 1. The Bertz CT molecular complexity index is 1120. The van der Waals surface area contributed by atoms with Gasteiger partial charge in [0.05, 0.1) is 29.4 Å². The molecule has 1 aliphatic heterocycles. The van der Waals surface area contributed by atoms with Gasteiger partial charge < -0.3 is 9.64 Å². The van der Waals surface area contributed by atoms with Gasteiger partial charge in [-0.3, -0.25) is 4.99 Å². The fourth-order valence-electron chi connectivity index (χ4n) is 3.49. The Morgan fingerprint density at radius 2 is 1.67 bits per heavy atom. The van der Waals surface area contributed by atoms with Crippen molar-refractivity contribution in [3.63, 3.8) is 0 Å². The van der Waals surface area contributed by atoms with E-state index >= 15 is 0 Å². The molecule has 3 nitrogen and oxygen atoms in total. The largest absolute Gasteiger partial charge is 0.497 e. The number of hydrogen-bond donors (Lipinski definition) is 0. The van der Waals surface area contributed by atoms with Crippen molar-refractivity contribution in [2.24, 2.45) is 4.99 Å². The molecule has 3 aromatic carbocycles. The molecular formula is C25H22Cl2N2O. The van der Waals surface area contributed by atoms with Crippen LogP contribution in [0.4, 0.5) is 5.69 Å². The van der Waals surface area contributed by atoms with Crippen molar-refractivity contribution < 1.29 is 4.74 Å². The third kappa shape index (κ3) is 4.38. The summed E-state index contributed by atoms with van der Waals surface area (Å²) in [5.74, 6) is 0.854. The highest BCUT2D eigenvalue weighted by Gasteiger charge is 2.16. The molecule has 30 heavy (non-hydrogen) atoms. The van der Waals surface area contributed by atoms with Crippen LogP contribution in [0, 0.1) is 0 Å². The van der Waals surface area contributed by atoms with Crippen molar-refractivity contribution in [1.82, 2.24) is 0 Å². The summed E-state index contributed by atoms with van der Waals surface area (Å²) in [4.78, 5) is 7.06. The number of hydrogen-bond acceptors (Lipinski definition) is 3. The molecule has 1 heterocycles. The monoisotopic (exact) mass is 436 g/mol. The summed E-state index contributed by atoms with van der Waals surface area (Å²) in [6.45, 7) is 1.60. The average Bonchev–Trinajstić information content (AvgIpc) is 2.93. The predicted octanol–water partition coefficient (Wildman–Crippen LogP) is 6.62. The van der Waals surface area contributed by atoms with E-state index in [9.17, 15) is 0 Å². The Kier molecular flexibility index (Phi) is 6.12. The average molecular weight is 437 g/mol. The number of fused-ring (bicyclic) bond motifs is 1. The molecule has 0 aliphatic carbocycles. The van der Waals surface area contributed by atoms with E-state index in [4.69, 9.17) is 32.9 Å². The summed E-state index contributed by atoms with van der Waals surface area (Å²) in [6, 6.07) is 20.3. The van der Waals surface area contributed by atoms with Crippen molar-refractivity contribution in [2.75, 3.05) is 32.1 Å². The van der Waals surface area contributed by atoms with E-state index in [0.717, 1.165) is 46.8 Å².